The van der Waals surface area contributed by atoms with E-state index in [-0.39, 0.29) is 6.54 Å². The average Bonchev–Trinajstić information content (AvgIpc) is 3.02. The molecule has 1 atom stereocenters. The lowest BCUT2D eigenvalue weighted by Crippen LogP contribution is -2.36. The molecule has 0 aliphatic rings. The number of carbonyl (C=O) groups is 2. The van der Waals surface area contributed by atoms with Gasteiger partial charge in [-0.2, -0.15) is 5.10 Å². The first-order valence-electron chi connectivity index (χ1n) is 7.80. The van der Waals surface area contributed by atoms with Gasteiger partial charge in [-0.3, -0.25) is 14.8 Å². The Morgan fingerprint density at radius 1 is 1.32 bits per heavy atom. The number of amides is 2. The molecule has 1 aromatic carbocycles. The monoisotopic (exact) mass is 346 g/mol. The van der Waals surface area contributed by atoms with Gasteiger partial charge in [0.25, 0.3) is 0 Å². The van der Waals surface area contributed by atoms with Gasteiger partial charge in [-0.25, -0.2) is 4.79 Å². The third-order valence-corrected chi connectivity index (χ3v) is 3.70. The molecule has 134 valence electrons. The first kappa shape index (κ1) is 18.3. The van der Waals surface area contributed by atoms with Crippen LogP contribution >= 0.6 is 0 Å². The number of hydrogen-bond acceptors (Lipinski definition) is 4. The highest BCUT2D eigenvalue weighted by Gasteiger charge is 2.17. The molecule has 2 N–H and O–H groups in total. The molecule has 8 nitrogen and oxygen atoms in total. The lowest BCUT2D eigenvalue weighted by Gasteiger charge is -2.19. The summed E-state index contributed by atoms with van der Waals surface area (Å²) in [5.74, 6) is -0.379. The van der Waals surface area contributed by atoms with Gasteiger partial charge >= 0.3 is 12.0 Å². The fourth-order valence-corrected chi connectivity index (χ4v) is 2.21. The van der Waals surface area contributed by atoms with Crippen LogP contribution in [-0.4, -0.2) is 52.5 Å². The Balaban J connectivity index is 1.91. The second kappa shape index (κ2) is 8.18. The van der Waals surface area contributed by atoms with Gasteiger partial charge in [-0.15, -0.1) is 0 Å². The summed E-state index contributed by atoms with van der Waals surface area (Å²) in [4.78, 5) is 24.2. The van der Waals surface area contributed by atoms with E-state index >= 15 is 0 Å². The SMILES string of the molecule is COc1ccc(Cn2ccc(NC(=O)N(C)CC(C)C(=O)O)n2)cc1. The van der Waals surface area contributed by atoms with Gasteiger partial charge in [-0.05, 0) is 17.7 Å². The molecule has 2 amide bonds. The Labute approximate surface area is 146 Å². The van der Waals surface area contributed by atoms with Crippen molar-refractivity contribution in [2.75, 3.05) is 26.0 Å². The van der Waals surface area contributed by atoms with Crippen molar-refractivity contribution in [1.82, 2.24) is 14.7 Å². The van der Waals surface area contributed by atoms with E-state index in [1.807, 2.05) is 24.3 Å². The lowest BCUT2D eigenvalue weighted by atomic mass is 10.2. The average molecular weight is 346 g/mol. The summed E-state index contributed by atoms with van der Waals surface area (Å²) in [6, 6.07) is 8.93. The van der Waals surface area contributed by atoms with Gasteiger partial charge in [0.15, 0.2) is 5.82 Å². The van der Waals surface area contributed by atoms with E-state index < -0.39 is 17.9 Å². The van der Waals surface area contributed by atoms with Crippen LogP contribution in [-0.2, 0) is 11.3 Å². The largest absolute Gasteiger partial charge is 0.497 e. The Morgan fingerprint density at radius 2 is 2.00 bits per heavy atom. The van der Waals surface area contributed by atoms with Crippen molar-refractivity contribution < 1.29 is 19.4 Å². The number of anilines is 1. The number of hydrogen-bond donors (Lipinski definition) is 2. The number of nitrogens with zero attached hydrogens (tertiary/aromatic N) is 3. The second-order valence-corrected chi connectivity index (χ2v) is 5.80. The minimum atomic E-state index is -0.941. The molecule has 0 saturated heterocycles. The molecule has 1 unspecified atom stereocenters. The number of urea groups is 1. The van der Waals surface area contributed by atoms with Crippen LogP contribution in [0.1, 0.15) is 12.5 Å². The highest BCUT2D eigenvalue weighted by molar-refractivity contribution is 5.88. The van der Waals surface area contributed by atoms with Gasteiger partial charge in [0.1, 0.15) is 5.75 Å². The minimum Gasteiger partial charge on any atom is -0.497 e. The van der Waals surface area contributed by atoms with Crippen LogP contribution in [0.25, 0.3) is 0 Å². The Morgan fingerprint density at radius 3 is 2.60 bits per heavy atom. The van der Waals surface area contributed by atoms with Crippen LogP contribution in [0, 0.1) is 5.92 Å². The molecular formula is C17H22N4O4. The van der Waals surface area contributed by atoms with E-state index in [1.165, 1.54) is 4.90 Å². The molecule has 0 bridgehead atoms. The number of benzene rings is 1. The third kappa shape index (κ3) is 5.23. The predicted molar refractivity (Wildman–Crippen MR) is 92.8 cm³/mol. The highest BCUT2D eigenvalue weighted by atomic mass is 16.5. The van der Waals surface area contributed by atoms with Crippen molar-refractivity contribution >= 4 is 17.8 Å². The Hall–Kier alpha value is -3.03. The zero-order valence-electron chi connectivity index (χ0n) is 14.5. The van der Waals surface area contributed by atoms with E-state index in [0.717, 1.165) is 11.3 Å². The number of rotatable bonds is 7. The van der Waals surface area contributed by atoms with E-state index in [4.69, 9.17) is 9.84 Å². The number of ether oxygens (including phenoxy) is 1. The van der Waals surface area contributed by atoms with E-state index in [1.54, 1.807) is 38.0 Å². The normalized spacial score (nSPS) is 11.6. The number of carboxylic acids is 1. The van der Waals surface area contributed by atoms with Crippen molar-refractivity contribution in [3.05, 3.63) is 42.1 Å². The third-order valence-electron chi connectivity index (χ3n) is 3.70. The van der Waals surface area contributed by atoms with Crippen molar-refractivity contribution in [2.45, 2.75) is 13.5 Å². The number of methoxy groups -OCH3 is 1. The first-order chi connectivity index (χ1) is 11.9. The predicted octanol–water partition coefficient (Wildman–Crippen LogP) is 2.12. The molecule has 0 radical (unpaired) electrons. The molecule has 0 fully saturated rings. The molecule has 8 heteroatoms. The molecule has 0 saturated carbocycles. The molecule has 0 aliphatic heterocycles. The van der Waals surface area contributed by atoms with Crippen molar-refractivity contribution in [3.63, 3.8) is 0 Å². The molecule has 1 aromatic heterocycles. The Kier molecular flexibility index (Phi) is 5.99. The molecule has 2 aromatic rings. The minimum absolute atomic E-state index is 0.119. The van der Waals surface area contributed by atoms with Gasteiger partial charge in [0.05, 0.1) is 19.6 Å². The lowest BCUT2D eigenvalue weighted by molar-refractivity contribution is -0.141. The fraction of sp³-hybridized carbons (Fsp3) is 0.353. The molecule has 25 heavy (non-hydrogen) atoms. The van der Waals surface area contributed by atoms with Crippen molar-refractivity contribution in [1.29, 1.82) is 0 Å². The molecule has 0 aliphatic carbocycles. The molecule has 1 heterocycles. The van der Waals surface area contributed by atoms with Crippen molar-refractivity contribution in [3.8, 4) is 5.75 Å². The maximum atomic E-state index is 12.1. The zero-order valence-corrected chi connectivity index (χ0v) is 14.5. The first-order valence-corrected chi connectivity index (χ1v) is 7.80. The summed E-state index contributed by atoms with van der Waals surface area (Å²) in [5, 5.41) is 15.8. The topological polar surface area (TPSA) is 96.7 Å². The zero-order chi connectivity index (χ0) is 18.4. The van der Waals surface area contributed by atoms with E-state index in [2.05, 4.69) is 10.4 Å². The number of aliphatic carboxylic acids is 1. The summed E-state index contributed by atoms with van der Waals surface area (Å²) in [7, 11) is 3.16. The van der Waals surface area contributed by atoms with Crippen molar-refractivity contribution in [2.24, 2.45) is 5.92 Å². The summed E-state index contributed by atoms with van der Waals surface area (Å²) >= 11 is 0. The quantitative estimate of drug-likeness (QED) is 0.800. The van der Waals surface area contributed by atoms with E-state index in [0.29, 0.717) is 12.4 Å². The number of carboxylic acid groups (broad SMARTS) is 1. The number of aromatic nitrogens is 2. The van der Waals surface area contributed by atoms with Gasteiger partial charge in [0.2, 0.25) is 0 Å². The number of nitrogens with one attached hydrogen (secondary N) is 1. The maximum absolute atomic E-state index is 12.1. The summed E-state index contributed by atoms with van der Waals surface area (Å²) < 4.78 is 6.83. The second-order valence-electron chi connectivity index (χ2n) is 5.80. The van der Waals surface area contributed by atoms with Crippen LogP contribution in [0.4, 0.5) is 10.6 Å². The molecule has 2 rings (SSSR count). The van der Waals surface area contributed by atoms with Gasteiger partial charge < -0.3 is 14.7 Å². The van der Waals surface area contributed by atoms with Crippen LogP contribution in [0.3, 0.4) is 0 Å². The summed E-state index contributed by atoms with van der Waals surface area (Å²) in [6.45, 7) is 2.23. The van der Waals surface area contributed by atoms with Crippen LogP contribution in [0.5, 0.6) is 5.75 Å². The standard InChI is InChI=1S/C17H22N4O4/c1-12(16(22)23)10-20(2)17(24)18-15-8-9-21(19-15)11-13-4-6-14(25-3)7-5-13/h4-9,12H,10-11H2,1-3H3,(H,22,23)(H,18,19,24). The molecular weight excluding hydrogens is 324 g/mol. The molecule has 0 spiro atoms. The maximum Gasteiger partial charge on any atom is 0.322 e. The van der Waals surface area contributed by atoms with Crippen LogP contribution in [0.15, 0.2) is 36.5 Å². The van der Waals surface area contributed by atoms with Crippen LogP contribution < -0.4 is 10.1 Å². The summed E-state index contributed by atoms with van der Waals surface area (Å²) in [6.07, 6.45) is 1.76. The fourth-order valence-electron chi connectivity index (χ4n) is 2.21. The smallest absolute Gasteiger partial charge is 0.322 e. The highest BCUT2D eigenvalue weighted by Crippen LogP contribution is 2.13. The van der Waals surface area contributed by atoms with Crippen LogP contribution in [0.2, 0.25) is 0 Å². The van der Waals surface area contributed by atoms with Gasteiger partial charge in [-0.1, -0.05) is 19.1 Å². The van der Waals surface area contributed by atoms with E-state index in [9.17, 15) is 9.59 Å². The Bertz CT molecular complexity index is 727. The number of carbonyl (C=O) groups excluding carboxylic acids is 1. The summed E-state index contributed by atoms with van der Waals surface area (Å²) in [5.41, 5.74) is 1.05. The van der Waals surface area contributed by atoms with Gasteiger partial charge in [0, 0.05) is 25.9 Å².